The summed E-state index contributed by atoms with van der Waals surface area (Å²) < 4.78 is 47.9. The minimum Gasteiger partial charge on any atom is -0.444 e. The van der Waals surface area contributed by atoms with E-state index in [1.165, 1.54) is 18.5 Å². The molecule has 1 fully saturated rings. The van der Waals surface area contributed by atoms with Crippen LogP contribution in [0.1, 0.15) is 47.8 Å². The van der Waals surface area contributed by atoms with Crippen molar-refractivity contribution >= 4 is 29.3 Å². The number of ether oxygens (including phenoxy) is 1. The van der Waals surface area contributed by atoms with Crippen LogP contribution >= 0.6 is 0 Å². The van der Waals surface area contributed by atoms with Gasteiger partial charge in [0.05, 0.1) is 11.3 Å². The van der Waals surface area contributed by atoms with Crippen molar-refractivity contribution in [1.29, 1.82) is 0 Å². The van der Waals surface area contributed by atoms with Crippen LogP contribution < -0.4 is 10.6 Å². The lowest BCUT2D eigenvalue weighted by molar-refractivity contribution is -0.138. The molecule has 0 unspecified atom stereocenters. The average molecular weight is 649 g/mol. The van der Waals surface area contributed by atoms with Gasteiger partial charge >= 0.3 is 12.3 Å². The number of rotatable bonds is 7. The summed E-state index contributed by atoms with van der Waals surface area (Å²) in [6, 6.07) is 10.4. The first kappa shape index (κ1) is 33.3. The van der Waals surface area contributed by atoms with Gasteiger partial charge in [-0.15, -0.1) is 0 Å². The number of piperazine rings is 1. The van der Waals surface area contributed by atoms with E-state index >= 15 is 0 Å². The molecule has 2 N–H and O–H groups in total. The van der Waals surface area contributed by atoms with Gasteiger partial charge in [-0.05, 0) is 69.2 Å². The van der Waals surface area contributed by atoms with Gasteiger partial charge in [0.2, 0.25) is 5.95 Å². The molecule has 0 bridgehead atoms. The Morgan fingerprint density at radius 3 is 2.36 bits per heavy atom. The van der Waals surface area contributed by atoms with Crippen molar-refractivity contribution in [1.82, 2.24) is 29.7 Å². The number of carbonyl (C=O) groups excluding carboxylic acids is 2. The maximum absolute atomic E-state index is 14.2. The summed E-state index contributed by atoms with van der Waals surface area (Å²) in [5, 5.41) is 5.71. The molecule has 0 saturated carbocycles. The summed E-state index contributed by atoms with van der Waals surface area (Å²) in [6.45, 7) is 8.70. The van der Waals surface area contributed by atoms with Gasteiger partial charge in [0.1, 0.15) is 11.9 Å². The lowest BCUT2D eigenvalue weighted by Gasteiger charge is -2.36. The number of nitrogens with one attached hydrogen (secondary N) is 2. The highest BCUT2D eigenvalue weighted by molar-refractivity contribution is 6.05. The molecule has 5 rings (SSSR count). The first-order chi connectivity index (χ1) is 22.2. The zero-order valence-corrected chi connectivity index (χ0v) is 26.4. The molecule has 0 radical (unpaired) electrons. The molecule has 11 nitrogen and oxygen atoms in total. The quantitative estimate of drug-likeness (QED) is 0.237. The Balaban J connectivity index is 1.26. The lowest BCUT2D eigenvalue weighted by Crippen LogP contribution is -2.49. The molecule has 1 aliphatic heterocycles. The van der Waals surface area contributed by atoms with E-state index in [1.54, 1.807) is 68.5 Å². The summed E-state index contributed by atoms with van der Waals surface area (Å²) in [5.74, 6) is -0.299. The number of anilines is 3. The van der Waals surface area contributed by atoms with Gasteiger partial charge in [-0.25, -0.2) is 24.7 Å². The van der Waals surface area contributed by atoms with E-state index in [4.69, 9.17) is 4.74 Å². The van der Waals surface area contributed by atoms with Gasteiger partial charge in [0.25, 0.3) is 5.91 Å². The smallest absolute Gasteiger partial charge is 0.416 e. The van der Waals surface area contributed by atoms with Crippen molar-refractivity contribution in [2.75, 3.05) is 36.8 Å². The molecule has 1 saturated heterocycles. The SMILES string of the molecule is Cc1ccc(C(=O)Nc2ccc(CN3CCN(C(=O)OC(C)(C)C)CC3)c(C(F)(F)F)c2)cc1Nc1nccc(-c2cncnc2)n1. The van der Waals surface area contributed by atoms with E-state index in [1.807, 2.05) is 11.8 Å². The van der Waals surface area contributed by atoms with Crippen molar-refractivity contribution < 1.29 is 27.5 Å². The molecule has 0 spiro atoms. The third-order valence-corrected chi connectivity index (χ3v) is 7.35. The number of halogens is 3. The summed E-state index contributed by atoms with van der Waals surface area (Å²) in [5.41, 5.74) is 1.50. The van der Waals surface area contributed by atoms with Crippen LogP contribution in [0.3, 0.4) is 0 Å². The molecule has 2 aromatic carbocycles. The van der Waals surface area contributed by atoms with Crippen LogP contribution in [0.4, 0.5) is 35.3 Å². The molecule has 1 aliphatic rings. The zero-order chi connectivity index (χ0) is 33.8. The van der Waals surface area contributed by atoms with Crippen molar-refractivity contribution in [3.63, 3.8) is 0 Å². The molecule has 2 aromatic heterocycles. The highest BCUT2D eigenvalue weighted by Crippen LogP contribution is 2.35. The van der Waals surface area contributed by atoms with Gasteiger partial charge in [-0.1, -0.05) is 12.1 Å². The van der Waals surface area contributed by atoms with Crippen LogP contribution in [0.2, 0.25) is 0 Å². The van der Waals surface area contributed by atoms with Crippen LogP contribution in [-0.2, 0) is 17.5 Å². The fourth-order valence-electron chi connectivity index (χ4n) is 4.94. The Labute approximate surface area is 270 Å². The maximum atomic E-state index is 14.2. The van der Waals surface area contributed by atoms with E-state index in [0.717, 1.165) is 11.6 Å². The Morgan fingerprint density at radius 2 is 1.68 bits per heavy atom. The Morgan fingerprint density at radius 1 is 0.957 bits per heavy atom. The van der Waals surface area contributed by atoms with Crippen molar-refractivity contribution in [3.05, 3.63) is 89.6 Å². The summed E-state index contributed by atoms with van der Waals surface area (Å²) in [7, 11) is 0. The highest BCUT2D eigenvalue weighted by atomic mass is 19.4. The van der Waals surface area contributed by atoms with E-state index in [-0.39, 0.29) is 29.3 Å². The number of aromatic nitrogens is 4. The normalized spacial score (nSPS) is 14.1. The zero-order valence-electron chi connectivity index (χ0n) is 26.4. The fraction of sp³-hybridized carbons (Fsp3) is 0.333. The molecule has 2 amide bonds. The van der Waals surface area contributed by atoms with Crippen LogP contribution in [0, 0.1) is 6.92 Å². The second-order valence-corrected chi connectivity index (χ2v) is 12.1. The topological polar surface area (TPSA) is 125 Å². The number of alkyl halides is 3. The van der Waals surface area contributed by atoms with Gasteiger partial charge in [0.15, 0.2) is 0 Å². The van der Waals surface area contributed by atoms with Crippen molar-refractivity contribution in [2.45, 2.75) is 46.0 Å². The van der Waals surface area contributed by atoms with Gasteiger partial charge in [-0.3, -0.25) is 9.69 Å². The van der Waals surface area contributed by atoms with Gasteiger partial charge in [-0.2, -0.15) is 13.2 Å². The molecule has 0 atom stereocenters. The van der Waals surface area contributed by atoms with E-state index in [2.05, 4.69) is 30.6 Å². The predicted molar refractivity (Wildman–Crippen MR) is 170 cm³/mol. The largest absolute Gasteiger partial charge is 0.444 e. The average Bonchev–Trinajstić information content (AvgIpc) is 3.02. The Bertz CT molecular complexity index is 1740. The second-order valence-electron chi connectivity index (χ2n) is 12.1. The van der Waals surface area contributed by atoms with Gasteiger partial charge < -0.3 is 20.3 Å². The third kappa shape index (κ3) is 8.79. The predicted octanol–water partition coefficient (Wildman–Crippen LogP) is 6.31. The van der Waals surface area contributed by atoms with Crippen LogP contribution in [-0.4, -0.2) is 73.5 Å². The molecule has 4 aromatic rings. The second kappa shape index (κ2) is 13.7. The first-order valence-corrected chi connectivity index (χ1v) is 14.9. The monoisotopic (exact) mass is 648 g/mol. The number of carbonyl (C=O) groups is 2. The van der Waals surface area contributed by atoms with Crippen LogP contribution in [0.5, 0.6) is 0 Å². The molecule has 47 heavy (non-hydrogen) atoms. The Kier molecular flexibility index (Phi) is 9.70. The number of hydrogen-bond acceptors (Lipinski definition) is 9. The molecule has 3 heterocycles. The minimum absolute atomic E-state index is 0.0111. The van der Waals surface area contributed by atoms with Gasteiger partial charge in [0, 0.05) is 73.8 Å². The van der Waals surface area contributed by atoms with Crippen molar-refractivity contribution in [2.24, 2.45) is 0 Å². The third-order valence-electron chi connectivity index (χ3n) is 7.35. The van der Waals surface area contributed by atoms with E-state index in [0.29, 0.717) is 43.1 Å². The molecular formula is C33H35F3N8O3. The van der Waals surface area contributed by atoms with E-state index in [9.17, 15) is 22.8 Å². The standard InChI is InChI=1S/C33H35F3N8O3/c1-21-5-6-22(15-28(21)42-30-39-10-9-27(41-30)24-17-37-20-38-18-24)29(45)40-25-8-7-23(26(16-25)33(34,35)36)19-43-11-13-44(14-12-43)31(46)47-32(2,3)4/h5-10,15-18,20H,11-14,19H2,1-4H3,(H,40,45)(H,39,41,42). The van der Waals surface area contributed by atoms with E-state index < -0.39 is 29.3 Å². The number of benzene rings is 2. The summed E-state index contributed by atoms with van der Waals surface area (Å²) in [4.78, 5) is 45.7. The van der Waals surface area contributed by atoms with Crippen molar-refractivity contribution in [3.8, 4) is 11.3 Å². The number of nitrogens with zero attached hydrogens (tertiary/aromatic N) is 6. The summed E-state index contributed by atoms with van der Waals surface area (Å²) in [6.07, 6.45) is 1.17. The fourth-order valence-corrected chi connectivity index (χ4v) is 4.94. The number of amides is 2. The lowest BCUT2D eigenvalue weighted by atomic mass is 10.0. The minimum atomic E-state index is -4.64. The summed E-state index contributed by atoms with van der Waals surface area (Å²) >= 11 is 0. The number of aryl methyl sites for hydroxylation is 1. The molecule has 246 valence electrons. The first-order valence-electron chi connectivity index (χ1n) is 14.9. The van der Waals surface area contributed by atoms with Crippen LogP contribution in [0.25, 0.3) is 11.3 Å². The maximum Gasteiger partial charge on any atom is 0.416 e. The molecule has 14 heteroatoms. The number of hydrogen-bond donors (Lipinski definition) is 2. The van der Waals surface area contributed by atoms with Crippen LogP contribution in [0.15, 0.2) is 67.4 Å². The Hall–Kier alpha value is -5.11. The molecule has 0 aliphatic carbocycles. The molecular weight excluding hydrogens is 613 g/mol. The highest BCUT2D eigenvalue weighted by Gasteiger charge is 2.35.